The lowest BCUT2D eigenvalue weighted by Crippen LogP contribution is -2.30. The molecule has 0 fully saturated rings. The Morgan fingerprint density at radius 2 is 2.05 bits per heavy atom. The molecule has 1 heterocycles. The monoisotopic (exact) mass is 286 g/mol. The van der Waals surface area contributed by atoms with Gasteiger partial charge >= 0.3 is 5.69 Å². The SMILES string of the molecule is CCC(C)CN(CC)c1nc(Cl)nc(C)c1[N+](=O)[O-]. The van der Waals surface area contributed by atoms with E-state index in [-0.39, 0.29) is 11.0 Å². The molecule has 0 saturated heterocycles. The van der Waals surface area contributed by atoms with Crippen molar-refractivity contribution in [1.29, 1.82) is 0 Å². The maximum absolute atomic E-state index is 11.2. The van der Waals surface area contributed by atoms with E-state index in [2.05, 4.69) is 23.8 Å². The van der Waals surface area contributed by atoms with Crippen molar-refractivity contribution in [2.75, 3.05) is 18.0 Å². The summed E-state index contributed by atoms with van der Waals surface area (Å²) in [5.41, 5.74) is 0.233. The third-order valence-electron chi connectivity index (χ3n) is 3.11. The highest BCUT2D eigenvalue weighted by molar-refractivity contribution is 6.28. The maximum atomic E-state index is 11.2. The van der Waals surface area contributed by atoms with Crippen molar-refractivity contribution in [3.8, 4) is 0 Å². The number of rotatable bonds is 6. The van der Waals surface area contributed by atoms with Crippen LogP contribution in [0.4, 0.5) is 11.5 Å². The van der Waals surface area contributed by atoms with Crippen LogP contribution in [0.2, 0.25) is 5.28 Å². The van der Waals surface area contributed by atoms with Crippen LogP contribution < -0.4 is 4.90 Å². The highest BCUT2D eigenvalue weighted by Gasteiger charge is 2.26. The van der Waals surface area contributed by atoms with E-state index in [1.807, 2.05) is 11.8 Å². The van der Waals surface area contributed by atoms with Crippen molar-refractivity contribution in [3.63, 3.8) is 0 Å². The molecular formula is C12H19ClN4O2. The molecular weight excluding hydrogens is 268 g/mol. The minimum absolute atomic E-state index is 0.0423. The zero-order valence-corrected chi connectivity index (χ0v) is 12.4. The van der Waals surface area contributed by atoms with E-state index in [0.717, 1.165) is 6.42 Å². The van der Waals surface area contributed by atoms with E-state index >= 15 is 0 Å². The highest BCUT2D eigenvalue weighted by Crippen LogP contribution is 2.30. The van der Waals surface area contributed by atoms with E-state index in [0.29, 0.717) is 30.5 Å². The van der Waals surface area contributed by atoms with Gasteiger partial charge in [0.15, 0.2) is 0 Å². The molecule has 1 atom stereocenters. The van der Waals surface area contributed by atoms with Gasteiger partial charge in [0, 0.05) is 13.1 Å². The second-order valence-corrected chi connectivity index (χ2v) is 4.90. The Bertz CT molecular complexity index is 467. The molecule has 0 aliphatic rings. The van der Waals surface area contributed by atoms with Crippen molar-refractivity contribution in [2.45, 2.75) is 34.1 Å². The van der Waals surface area contributed by atoms with Gasteiger partial charge in [0.05, 0.1) is 4.92 Å². The quantitative estimate of drug-likeness (QED) is 0.456. The first-order valence-electron chi connectivity index (χ1n) is 6.34. The van der Waals surface area contributed by atoms with E-state index < -0.39 is 4.92 Å². The number of hydrogen-bond acceptors (Lipinski definition) is 5. The van der Waals surface area contributed by atoms with Crippen molar-refractivity contribution in [2.24, 2.45) is 5.92 Å². The molecule has 0 N–H and O–H groups in total. The number of halogens is 1. The van der Waals surface area contributed by atoms with Gasteiger partial charge in [0.25, 0.3) is 0 Å². The third kappa shape index (κ3) is 3.76. The van der Waals surface area contributed by atoms with Crippen molar-refractivity contribution >= 4 is 23.1 Å². The Morgan fingerprint density at radius 1 is 1.42 bits per heavy atom. The normalized spacial score (nSPS) is 12.3. The van der Waals surface area contributed by atoms with Gasteiger partial charge in [0.2, 0.25) is 11.1 Å². The average Bonchev–Trinajstić information content (AvgIpc) is 2.33. The van der Waals surface area contributed by atoms with E-state index in [4.69, 9.17) is 11.6 Å². The smallest absolute Gasteiger partial charge is 0.332 e. The first kappa shape index (κ1) is 15.6. The topological polar surface area (TPSA) is 72.2 Å². The minimum atomic E-state index is -0.444. The lowest BCUT2D eigenvalue weighted by Gasteiger charge is -2.25. The molecule has 6 nitrogen and oxygen atoms in total. The Labute approximate surface area is 118 Å². The summed E-state index contributed by atoms with van der Waals surface area (Å²) in [6.45, 7) is 9.05. The fourth-order valence-electron chi connectivity index (χ4n) is 1.82. The Morgan fingerprint density at radius 3 is 2.53 bits per heavy atom. The lowest BCUT2D eigenvalue weighted by molar-refractivity contribution is -0.385. The first-order valence-corrected chi connectivity index (χ1v) is 6.71. The predicted molar refractivity (Wildman–Crippen MR) is 75.8 cm³/mol. The van der Waals surface area contributed by atoms with Crippen LogP contribution >= 0.6 is 11.6 Å². The van der Waals surface area contributed by atoms with Crippen molar-refractivity contribution in [3.05, 3.63) is 21.1 Å². The molecule has 0 saturated carbocycles. The molecule has 7 heteroatoms. The summed E-state index contributed by atoms with van der Waals surface area (Å²) in [5.74, 6) is 0.735. The van der Waals surface area contributed by atoms with Crippen molar-refractivity contribution in [1.82, 2.24) is 9.97 Å². The molecule has 106 valence electrons. The van der Waals surface area contributed by atoms with Crippen LogP contribution in [0.3, 0.4) is 0 Å². The second kappa shape index (κ2) is 6.65. The summed E-state index contributed by atoms with van der Waals surface area (Å²) in [4.78, 5) is 20.5. The van der Waals surface area contributed by atoms with Gasteiger partial charge in [-0.15, -0.1) is 0 Å². The molecule has 0 aromatic carbocycles. The summed E-state index contributed by atoms with van der Waals surface area (Å²) in [6, 6.07) is 0. The summed E-state index contributed by atoms with van der Waals surface area (Å²) in [7, 11) is 0. The van der Waals surface area contributed by atoms with Gasteiger partial charge in [-0.2, -0.15) is 4.98 Å². The number of aromatic nitrogens is 2. The summed E-state index contributed by atoms with van der Waals surface area (Å²) >= 11 is 5.83. The van der Waals surface area contributed by atoms with Crippen LogP contribution in [0.1, 0.15) is 32.9 Å². The van der Waals surface area contributed by atoms with Gasteiger partial charge < -0.3 is 4.90 Å². The number of nitrogens with zero attached hydrogens (tertiary/aromatic N) is 4. The fourth-order valence-corrected chi connectivity index (χ4v) is 2.03. The molecule has 0 bridgehead atoms. The van der Waals surface area contributed by atoms with Gasteiger partial charge in [-0.05, 0) is 31.4 Å². The number of hydrogen-bond donors (Lipinski definition) is 0. The van der Waals surface area contributed by atoms with Crippen LogP contribution in [0.25, 0.3) is 0 Å². The summed E-state index contributed by atoms with van der Waals surface area (Å²) in [5, 5.41) is 11.2. The molecule has 1 aromatic rings. The minimum Gasteiger partial charge on any atom is -0.351 e. The maximum Gasteiger partial charge on any atom is 0.332 e. The molecule has 0 aliphatic carbocycles. The summed E-state index contributed by atoms with van der Waals surface area (Å²) < 4.78 is 0. The predicted octanol–water partition coefficient (Wildman–Crippen LogP) is 3.22. The van der Waals surface area contributed by atoms with Crippen molar-refractivity contribution < 1.29 is 4.92 Å². The van der Waals surface area contributed by atoms with Gasteiger partial charge in [0.1, 0.15) is 5.69 Å². The average molecular weight is 287 g/mol. The van der Waals surface area contributed by atoms with Crippen LogP contribution in [0.5, 0.6) is 0 Å². The summed E-state index contributed by atoms with van der Waals surface area (Å²) in [6.07, 6.45) is 1.00. The molecule has 0 amide bonds. The second-order valence-electron chi connectivity index (χ2n) is 4.56. The molecule has 0 aliphatic heterocycles. The highest BCUT2D eigenvalue weighted by atomic mass is 35.5. The van der Waals surface area contributed by atoms with Crippen LogP contribution in [-0.2, 0) is 0 Å². The number of anilines is 1. The zero-order chi connectivity index (χ0) is 14.6. The fraction of sp³-hybridized carbons (Fsp3) is 0.667. The Balaban J connectivity index is 3.25. The van der Waals surface area contributed by atoms with Crippen LogP contribution in [0, 0.1) is 23.0 Å². The third-order valence-corrected chi connectivity index (χ3v) is 3.27. The zero-order valence-electron chi connectivity index (χ0n) is 11.7. The van der Waals surface area contributed by atoms with Gasteiger partial charge in [-0.25, -0.2) is 4.98 Å². The van der Waals surface area contributed by atoms with E-state index in [9.17, 15) is 10.1 Å². The molecule has 0 radical (unpaired) electrons. The number of aryl methyl sites for hydroxylation is 1. The van der Waals surface area contributed by atoms with Crippen LogP contribution in [0.15, 0.2) is 0 Å². The van der Waals surface area contributed by atoms with E-state index in [1.54, 1.807) is 6.92 Å². The molecule has 1 aromatic heterocycles. The first-order chi connectivity index (χ1) is 8.90. The van der Waals surface area contributed by atoms with Crippen LogP contribution in [-0.4, -0.2) is 28.0 Å². The molecule has 0 spiro atoms. The molecule has 1 unspecified atom stereocenters. The lowest BCUT2D eigenvalue weighted by atomic mass is 10.1. The van der Waals surface area contributed by atoms with Gasteiger partial charge in [-0.1, -0.05) is 20.3 Å². The number of nitro groups is 1. The Hall–Kier alpha value is -1.43. The standard InChI is InChI=1S/C12H19ClN4O2/c1-5-8(3)7-16(6-2)11-10(17(18)19)9(4)14-12(13)15-11/h8H,5-7H2,1-4H3. The largest absolute Gasteiger partial charge is 0.351 e. The van der Waals surface area contributed by atoms with Gasteiger partial charge in [-0.3, -0.25) is 10.1 Å². The van der Waals surface area contributed by atoms with E-state index in [1.165, 1.54) is 0 Å². The Kier molecular flexibility index (Phi) is 5.47. The molecule has 19 heavy (non-hydrogen) atoms. The molecule has 1 rings (SSSR count).